The molecule has 0 aromatic rings. The molecule has 0 aromatic heterocycles. The van der Waals surface area contributed by atoms with E-state index >= 15 is 0 Å². The fraction of sp³-hybridized carbons (Fsp3) is 1.00. The monoisotopic (exact) mass is 166 g/mol. The maximum atomic E-state index is 2.40. The lowest BCUT2D eigenvalue weighted by atomic mass is 9.82. The van der Waals surface area contributed by atoms with Crippen LogP contribution in [0.3, 0.4) is 0 Å². The molecular formula is C12H22. The first kappa shape index (κ1) is 8.59. The van der Waals surface area contributed by atoms with E-state index in [0.717, 1.165) is 17.3 Å². The SMILES string of the molecule is CC(C)C1CCC2(CCCC2)C1. The summed E-state index contributed by atoms with van der Waals surface area (Å²) in [5.74, 6) is 1.99. The van der Waals surface area contributed by atoms with Gasteiger partial charge in [-0.3, -0.25) is 0 Å². The van der Waals surface area contributed by atoms with E-state index in [9.17, 15) is 0 Å². The first-order chi connectivity index (χ1) is 5.72. The summed E-state index contributed by atoms with van der Waals surface area (Å²) in [6.45, 7) is 4.80. The van der Waals surface area contributed by atoms with Gasteiger partial charge in [0.25, 0.3) is 0 Å². The molecule has 0 bridgehead atoms. The summed E-state index contributed by atoms with van der Waals surface area (Å²) in [5.41, 5.74) is 0.842. The smallest absolute Gasteiger partial charge is 0.0295 e. The Balaban J connectivity index is 1.96. The molecule has 0 radical (unpaired) electrons. The topological polar surface area (TPSA) is 0 Å². The zero-order valence-corrected chi connectivity index (χ0v) is 8.60. The normalized spacial score (nSPS) is 33.8. The van der Waals surface area contributed by atoms with Crippen molar-refractivity contribution in [2.45, 2.75) is 58.8 Å². The van der Waals surface area contributed by atoms with Crippen LogP contribution in [0.1, 0.15) is 58.8 Å². The highest BCUT2D eigenvalue weighted by Crippen LogP contribution is 2.54. The minimum Gasteiger partial charge on any atom is -0.0625 e. The third-order valence-corrected chi connectivity index (χ3v) is 4.35. The Labute approximate surface area is 76.7 Å². The third-order valence-electron chi connectivity index (χ3n) is 4.35. The maximum Gasteiger partial charge on any atom is -0.0295 e. The van der Waals surface area contributed by atoms with Crippen LogP contribution in [0, 0.1) is 17.3 Å². The summed E-state index contributed by atoms with van der Waals surface area (Å²) >= 11 is 0. The molecule has 0 nitrogen and oxygen atoms in total. The van der Waals surface area contributed by atoms with Crippen molar-refractivity contribution >= 4 is 0 Å². The van der Waals surface area contributed by atoms with Gasteiger partial charge in [0.2, 0.25) is 0 Å². The Morgan fingerprint density at radius 1 is 1.08 bits per heavy atom. The molecule has 2 saturated carbocycles. The van der Waals surface area contributed by atoms with E-state index in [4.69, 9.17) is 0 Å². The van der Waals surface area contributed by atoms with Gasteiger partial charge in [0, 0.05) is 0 Å². The molecule has 2 aliphatic rings. The van der Waals surface area contributed by atoms with E-state index in [1.54, 1.807) is 25.7 Å². The molecule has 2 fully saturated rings. The molecule has 1 unspecified atom stereocenters. The first-order valence-electron chi connectivity index (χ1n) is 5.72. The van der Waals surface area contributed by atoms with Crippen LogP contribution < -0.4 is 0 Å². The van der Waals surface area contributed by atoms with E-state index in [0.29, 0.717) is 0 Å². The molecule has 0 N–H and O–H groups in total. The van der Waals surface area contributed by atoms with Gasteiger partial charge in [0.1, 0.15) is 0 Å². The molecule has 2 rings (SSSR count). The van der Waals surface area contributed by atoms with E-state index in [1.807, 2.05) is 0 Å². The van der Waals surface area contributed by atoms with Crippen molar-refractivity contribution in [2.24, 2.45) is 17.3 Å². The second-order valence-electron chi connectivity index (χ2n) is 5.45. The van der Waals surface area contributed by atoms with Gasteiger partial charge in [-0.2, -0.15) is 0 Å². The number of rotatable bonds is 1. The minimum atomic E-state index is 0.842. The second kappa shape index (κ2) is 3.05. The predicted octanol–water partition coefficient (Wildman–Crippen LogP) is 4.00. The average Bonchev–Trinajstić information content (AvgIpc) is 2.62. The Morgan fingerprint density at radius 2 is 1.75 bits per heavy atom. The van der Waals surface area contributed by atoms with Crippen LogP contribution in [0.2, 0.25) is 0 Å². The van der Waals surface area contributed by atoms with E-state index in [1.165, 1.54) is 19.3 Å². The largest absolute Gasteiger partial charge is 0.0625 e. The van der Waals surface area contributed by atoms with Crippen molar-refractivity contribution in [3.8, 4) is 0 Å². The van der Waals surface area contributed by atoms with Gasteiger partial charge in [-0.25, -0.2) is 0 Å². The van der Waals surface area contributed by atoms with Crippen molar-refractivity contribution in [1.82, 2.24) is 0 Å². The third kappa shape index (κ3) is 1.41. The summed E-state index contributed by atoms with van der Waals surface area (Å²) < 4.78 is 0. The molecule has 0 saturated heterocycles. The molecule has 0 amide bonds. The minimum absolute atomic E-state index is 0.842. The summed E-state index contributed by atoms with van der Waals surface area (Å²) in [7, 11) is 0. The molecule has 0 heteroatoms. The van der Waals surface area contributed by atoms with Crippen molar-refractivity contribution in [3.63, 3.8) is 0 Å². The molecule has 12 heavy (non-hydrogen) atoms. The molecular weight excluding hydrogens is 144 g/mol. The van der Waals surface area contributed by atoms with Gasteiger partial charge in [-0.05, 0) is 49.4 Å². The number of hydrogen-bond donors (Lipinski definition) is 0. The summed E-state index contributed by atoms with van der Waals surface area (Å²) in [6.07, 6.45) is 10.8. The van der Waals surface area contributed by atoms with Crippen LogP contribution in [-0.2, 0) is 0 Å². The van der Waals surface area contributed by atoms with Crippen molar-refractivity contribution in [1.29, 1.82) is 0 Å². The van der Waals surface area contributed by atoms with Crippen molar-refractivity contribution < 1.29 is 0 Å². The van der Waals surface area contributed by atoms with Gasteiger partial charge in [-0.1, -0.05) is 26.7 Å². The predicted molar refractivity (Wildman–Crippen MR) is 53.1 cm³/mol. The standard InChI is InChI=1S/C12H22/c1-10(2)11-5-8-12(9-11)6-3-4-7-12/h10-11H,3-9H2,1-2H3. The van der Waals surface area contributed by atoms with Crippen LogP contribution >= 0.6 is 0 Å². The fourth-order valence-electron chi connectivity index (χ4n) is 3.40. The van der Waals surface area contributed by atoms with Crippen molar-refractivity contribution in [3.05, 3.63) is 0 Å². The fourth-order valence-corrected chi connectivity index (χ4v) is 3.40. The van der Waals surface area contributed by atoms with Crippen molar-refractivity contribution in [2.75, 3.05) is 0 Å². The lowest BCUT2D eigenvalue weighted by Crippen LogP contribution is -2.12. The molecule has 0 aliphatic heterocycles. The zero-order valence-electron chi connectivity index (χ0n) is 8.60. The van der Waals surface area contributed by atoms with E-state index in [-0.39, 0.29) is 0 Å². The highest BCUT2D eigenvalue weighted by molar-refractivity contribution is 4.92. The van der Waals surface area contributed by atoms with Crippen LogP contribution in [0.4, 0.5) is 0 Å². The zero-order chi connectivity index (χ0) is 8.60. The number of hydrogen-bond acceptors (Lipinski definition) is 0. The van der Waals surface area contributed by atoms with Gasteiger partial charge in [-0.15, -0.1) is 0 Å². The van der Waals surface area contributed by atoms with Gasteiger partial charge < -0.3 is 0 Å². The Hall–Kier alpha value is 0. The van der Waals surface area contributed by atoms with Crippen LogP contribution in [0.5, 0.6) is 0 Å². The molecule has 2 aliphatic carbocycles. The maximum absolute atomic E-state index is 2.40. The molecule has 70 valence electrons. The van der Waals surface area contributed by atoms with Crippen LogP contribution in [0.25, 0.3) is 0 Å². The highest BCUT2D eigenvalue weighted by atomic mass is 14.5. The van der Waals surface area contributed by atoms with E-state index in [2.05, 4.69) is 13.8 Å². The highest BCUT2D eigenvalue weighted by Gasteiger charge is 2.41. The average molecular weight is 166 g/mol. The molecule has 1 atom stereocenters. The Bertz CT molecular complexity index is 151. The first-order valence-corrected chi connectivity index (χ1v) is 5.72. The summed E-state index contributed by atoms with van der Waals surface area (Å²) in [4.78, 5) is 0. The second-order valence-corrected chi connectivity index (χ2v) is 5.45. The summed E-state index contributed by atoms with van der Waals surface area (Å²) in [6, 6.07) is 0. The molecule has 0 aromatic carbocycles. The lowest BCUT2D eigenvalue weighted by molar-refractivity contribution is 0.275. The van der Waals surface area contributed by atoms with Gasteiger partial charge >= 0.3 is 0 Å². The summed E-state index contributed by atoms with van der Waals surface area (Å²) in [5, 5.41) is 0. The lowest BCUT2D eigenvalue weighted by Gasteiger charge is -2.23. The van der Waals surface area contributed by atoms with Crippen LogP contribution in [-0.4, -0.2) is 0 Å². The Kier molecular flexibility index (Phi) is 2.18. The van der Waals surface area contributed by atoms with Gasteiger partial charge in [0.15, 0.2) is 0 Å². The quantitative estimate of drug-likeness (QED) is 0.552. The van der Waals surface area contributed by atoms with E-state index < -0.39 is 0 Å². The van der Waals surface area contributed by atoms with Gasteiger partial charge in [0.05, 0.1) is 0 Å². The molecule has 1 spiro atoms. The Morgan fingerprint density at radius 3 is 2.25 bits per heavy atom. The van der Waals surface area contributed by atoms with Crippen LogP contribution in [0.15, 0.2) is 0 Å². The molecule has 0 heterocycles.